The number of benzene rings is 1. The Bertz CT molecular complexity index is 545. The Hall–Kier alpha value is -1.47. The quantitative estimate of drug-likeness (QED) is 0.740. The first-order valence-corrected chi connectivity index (χ1v) is 8.37. The van der Waals surface area contributed by atoms with Crippen LogP contribution in [0.5, 0.6) is 11.5 Å². The molecule has 1 aromatic carbocycles. The lowest BCUT2D eigenvalue weighted by Crippen LogP contribution is -2.27. The van der Waals surface area contributed by atoms with E-state index in [1.54, 1.807) is 18.2 Å². The molecule has 112 valence electrons. The molecule has 0 saturated heterocycles. The smallest absolute Gasteiger partial charge is 0.233 e. The zero-order valence-electron chi connectivity index (χ0n) is 11.5. The second-order valence-corrected chi connectivity index (χ2v) is 6.37. The van der Waals surface area contributed by atoms with Crippen LogP contribution in [0.15, 0.2) is 18.2 Å². The van der Waals surface area contributed by atoms with Crippen molar-refractivity contribution in [1.29, 1.82) is 0 Å². The molecule has 2 N–H and O–H groups in total. The average molecular weight is 300 g/mol. The number of rotatable bonds is 7. The van der Waals surface area contributed by atoms with Gasteiger partial charge in [0.2, 0.25) is 10.0 Å². The van der Waals surface area contributed by atoms with E-state index in [1.165, 1.54) is 0 Å². The van der Waals surface area contributed by atoms with Crippen molar-refractivity contribution in [3.05, 3.63) is 18.2 Å². The molecule has 1 aliphatic heterocycles. The maximum absolute atomic E-state index is 11.9. The molecule has 0 radical (unpaired) electrons. The Morgan fingerprint density at radius 2 is 1.90 bits per heavy atom. The van der Waals surface area contributed by atoms with E-state index in [-0.39, 0.29) is 5.75 Å². The van der Waals surface area contributed by atoms with Gasteiger partial charge < -0.3 is 14.8 Å². The van der Waals surface area contributed by atoms with Gasteiger partial charge in [0, 0.05) is 12.6 Å². The van der Waals surface area contributed by atoms with E-state index >= 15 is 0 Å². The number of fused-ring (bicyclic) bond motifs is 1. The summed E-state index contributed by atoms with van der Waals surface area (Å²) in [6.45, 7) is 4.29. The van der Waals surface area contributed by atoms with Crippen molar-refractivity contribution >= 4 is 15.7 Å². The summed E-state index contributed by atoms with van der Waals surface area (Å²) < 4.78 is 37.2. The minimum Gasteiger partial charge on any atom is -0.486 e. The fourth-order valence-corrected chi connectivity index (χ4v) is 2.85. The number of sulfonamides is 1. The van der Waals surface area contributed by atoms with Crippen LogP contribution in [0, 0.1) is 0 Å². The van der Waals surface area contributed by atoms with Gasteiger partial charge in [-0.3, -0.25) is 4.72 Å². The molecule has 0 bridgehead atoms. The Morgan fingerprint density at radius 3 is 2.65 bits per heavy atom. The summed E-state index contributed by atoms with van der Waals surface area (Å²) >= 11 is 0. The highest BCUT2D eigenvalue weighted by molar-refractivity contribution is 7.92. The van der Waals surface area contributed by atoms with Gasteiger partial charge in [-0.05, 0) is 25.1 Å². The first-order valence-electron chi connectivity index (χ1n) is 6.71. The topological polar surface area (TPSA) is 76.7 Å². The minimum atomic E-state index is -3.35. The fraction of sp³-hybridized carbons (Fsp3) is 0.538. The van der Waals surface area contributed by atoms with Crippen molar-refractivity contribution in [3.8, 4) is 11.5 Å². The van der Waals surface area contributed by atoms with Crippen LogP contribution in [-0.4, -0.2) is 40.5 Å². The molecule has 0 atom stereocenters. The molecular formula is C13H20N2O4S. The van der Waals surface area contributed by atoms with E-state index in [9.17, 15) is 8.42 Å². The second kappa shape index (κ2) is 6.81. The predicted molar refractivity (Wildman–Crippen MR) is 78.0 cm³/mol. The minimum absolute atomic E-state index is 0.0431. The normalized spacial score (nSPS) is 14.1. The van der Waals surface area contributed by atoms with Crippen LogP contribution in [0.25, 0.3) is 0 Å². The molecule has 0 aliphatic carbocycles. The second-order valence-electron chi connectivity index (χ2n) is 4.53. The summed E-state index contributed by atoms with van der Waals surface area (Å²) in [5, 5.41) is 3.06. The molecule has 7 heteroatoms. The van der Waals surface area contributed by atoms with Crippen molar-refractivity contribution in [3.63, 3.8) is 0 Å². The third kappa shape index (κ3) is 4.28. The van der Waals surface area contributed by atoms with Gasteiger partial charge in [0.25, 0.3) is 0 Å². The highest BCUT2D eigenvalue weighted by atomic mass is 32.2. The highest BCUT2D eigenvalue weighted by Crippen LogP contribution is 2.32. The first-order chi connectivity index (χ1) is 9.61. The summed E-state index contributed by atoms with van der Waals surface area (Å²) in [4.78, 5) is 0. The van der Waals surface area contributed by atoms with Crippen molar-refractivity contribution in [1.82, 2.24) is 5.32 Å². The fourth-order valence-electron chi connectivity index (χ4n) is 1.85. The zero-order valence-corrected chi connectivity index (χ0v) is 12.3. The first kappa shape index (κ1) is 14.9. The van der Waals surface area contributed by atoms with Gasteiger partial charge in [-0.1, -0.05) is 6.92 Å². The number of nitrogens with one attached hydrogen (secondary N) is 2. The lowest BCUT2D eigenvalue weighted by atomic mass is 10.3. The summed E-state index contributed by atoms with van der Waals surface area (Å²) in [6.07, 6.45) is 0.982. The van der Waals surface area contributed by atoms with Gasteiger partial charge >= 0.3 is 0 Å². The summed E-state index contributed by atoms with van der Waals surface area (Å²) in [5.41, 5.74) is 0.491. The number of ether oxygens (including phenoxy) is 2. The third-order valence-electron chi connectivity index (χ3n) is 2.79. The SMILES string of the molecule is CCCNCCS(=O)(=O)Nc1ccc2c(c1)OCCO2. The molecule has 0 spiro atoms. The van der Waals surface area contributed by atoms with Gasteiger partial charge in [0.1, 0.15) is 13.2 Å². The molecule has 1 aromatic rings. The van der Waals surface area contributed by atoms with Gasteiger partial charge in [-0.25, -0.2) is 8.42 Å². The molecule has 1 aliphatic rings. The zero-order chi connectivity index (χ0) is 14.4. The van der Waals surface area contributed by atoms with Gasteiger partial charge in [0.05, 0.1) is 11.4 Å². The third-order valence-corrected chi connectivity index (χ3v) is 4.08. The number of hydrogen-bond donors (Lipinski definition) is 2. The lowest BCUT2D eigenvalue weighted by molar-refractivity contribution is 0.171. The van der Waals surface area contributed by atoms with Gasteiger partial charge in [-0.2, -0.15) is 0 Å². The Balaban J connectivity index is 1.95. The van der Waals surface area contributed by atoms with E-state index in [0.29, 0.717) is 36.9 Å². The largest absolute Gasteiger partial charge is 0.486 e. The van der Waals surface area contributed by atoms with Crippen LogP contribution < -0.4 is 19.5 Å². The van der Waals surface area contributed by atoms with Crippen LogP contribution in [-0.2, 0) is 10.0 Å². The molecule has 0 saturated carbocycles. The standard InChI is InChI=1S/C13H20N2O4S/c1-2-5-14-6-9-20(16,17)15-11-3-4-12-13(10-11)19-8-7-18-12/h3-4,10,14-15H,2,5-9H2,1H3. The Kier molecular flexibility index (Phi) is 5.08. The van der Waals surface area contributed by atoms with Gasteiger partial charge in [0.15, 0.2) is 11.5 Å². The molecule has 2 rings (SSSR count). The van der Waals surface area contributed by atoms with Gasteiger partial charge in [-0.15, -0.1) is 0 Å². The molecule has 0 aromatic heterocycles. The van der Waals surface area contributed by atoms with E-state index in [4.69, 9.17) is 9.47 Å². The van der Waals surface area contributed by atoms with Crippen molar-refractivity contribution in [2.24, 2.45) is 0 Å². The summed E-state index contributed by atoms with van der Waals surface area (Å²) in [6, 6.07) is 5.03. The molecule has 0 fully saturated rings. The molecule has 0 unspecified atom stereocenters. The van der Waals surface area contributed by atoms with E-state index in [0.717, 1.165) is 13.0 Å². The maximum atomic E-state index is 11.9. The number of hydrogen-bond acceptors (Lipinski definition) is 5. The highest BCUT2D eigenvalue weighted by Gasteiger charge is 2.15. The van der Waals surface area contributed by atoms with Crippen LogP contribution in [0.3, 0.4) is 0 Å². The Labute approximate surface area is 119 Å². The van der Waals surface area contributed by atoms with Crippen LogP contribution in [0.4, 0.5) is 5.69 Å². The van der Waals surface area contributed by atoms with Crippen LogP contribution in [0.2, 0.25) is 0 Å². The molecule has 0 amide bonds. The lowest BCUT2D eigenvalue weighted by Gasteiger charge is -2.19. The van der Waals surface area contributed by atoms with E-state index in [2.05, 4.69) is 10.0 Å². The molecular weight excluding hydrogens is 280 g/mol. The summed E-state index contributed by atoms with van der Waals surface area (Å²) in [5.74, 6) is 1.26. The van der Waals surface area contributed by atoms with E-state index in [1.807, 2.05) is 6.92 Å². The molecule has 20 heavy (non-hydrogen) atoms. The summed E-state index contributed by atoms with van der Waals surface area (Å²) in [7, 11) is -3.35. The monoisotopic (exact) mass is 300 g/mol. The average Bonchev–Trinajstić information content (AvgIpc) is 2.43. The van der Waals surface area contributed by atoms with Crippen molar-refractivity contribution in [2.45, 2.75) is 13.3 Å². The molecule has 6 nitrogen and oxygen atoms in total. The van der Waals surface area contributed by atoms with Crippen molar-refractivity contribution < 1.29 is 17.9 Å². The van der Waals surface area contributed by atoms with E-state index < -0.39 is 10.0 Å². The van der Waals surface area contributed by atoms with Crippen LogP contribution >= 0.6 is 0 Å². The number of anilines is 1. The van der Waals surface area contributed by atoms with Crippen LogP contribution in [0.1, 0.15) is 13.3 Å². The molecule has 1 heterocycles. The Morgan fingerprint density at radius 1 is 1.15 bits per heavy atom. The maximum Gasteiger partial charge on any atom is 0.233 e. The predicted octanol–water partition coefficient (Wildman–Crippen LogP) is 1.20. The van der Waals surface area contributed by atoms with Crippen molar-refractivity contribution in [2.75, 3.05) is 36.8 Å².